The van der Waals surface area contributed by atoms with E-state index in [9.17, 15) is 8.42 Å². The molecule has 5 heteroatoms. The minimum atomic E-state index is -3.62. The van der Waals surface area contributed by atoms with E-state index in [-0.39, 0.29) is 11.5 Å². The van der Waals surface area contributed by atoms with Crippen LogP contribution in [0.3, 0.4) is 0 Å². The summed E-state index contributed by atoms with van der Waals surface area (Å²) in [5.41, 5.74) is 2.17. The summed E-state index contributed by atoms with van der Waals surface area (Å²) in [6.07, 6.45) is 3.23. The lowest BCUT2D eigenvalue weighted by Crippen LogP contribution is -2.13. The molecular formula is C16H17NO3S. The molecule has 0 saturated heterocycles. The number of benzene rings is 2. The quantitative estimate of drug-likeness (QED) is 0.892. The van der Waals surface area contributed by atoms with Crippen molar-refractivity contribution >= 4 is 21.8 Å². The zero-order chi connectivity index (χ0) is 15.3. The maximum Gasteiger partial charge on any atom is 0.261 e. The Bertz CT molecular complexity index is 734. The Hall–Kier alpha value is -2.11. The number of rotatable bonds is 5. The molecule has 2 rings (SSSR count). The highest BCUT2D eigenvalue weighted by Crippen LogP contribution is 2.21. The monoisotopic (exact) mass is 303 g/mol. The summed E-state index contributed by atoms with van der Waals surface area (Å²) in [5.74, 6) is 0. The van der Waals surface area contributed by atoms with Crippen molar-refractivity contribution in [2.45, 2.75) is 11.8 Å². The van der Waals surface area contributed by atoms with Gasteiger partial charge in [-0.2, -0.15) is 0 Å². The normalized spacial score (nSPS) is 11.7. The summed E-state index contributed by atoms with van der Waals surface area (Å²) in [5, 5.41) is 8.83. The first-order chi connectivity index (χ1) is 10.0. The molecule has 0 aliphatic rings. The van der Waals surface area contributed by atoms with Crippen molar-refractivity contribution in [1.82, 2.24) is 0 Å². The predicted octanol–water partition coefficient (Wildman–Crippen LogP) is 2.80. The second-order valence-electron chi connectivity index (χ2n) is 4.59. The topological polar surface area (TPSA) is 66.4 Å². The van der Waals surface area contributed by atoms with Gasteiger partial charge in [-0.15, -0.1) is 0 Å². The number of hydrogen-bond donors (Lipinski definition) is 2. The molecule has 0 aliphatic carbocycles. The van der Waals surface area contributed by atoms with Gasteiger partial charge in [0.2, 0.25) is 0 Å². The molecule has 0 heterocycles. The van der Waals surface area contributed by atoms with Crippen molar-refractivity contribution in [2.24, 2.45) is 0 Å². The largest absolute Gasteiger partial charge is 0.392 e. The Labute approximate surface area is 124 Å². The molecule has 2 aromatic rings. The van der Waals surface area contributed by atoms with Crippen molar-refractivity contribution in [3.63, 3.8) is 0 Å². The molecule has 0 fully saturated rings. The number of aryl methyl sites for hydroxylation is 1. The third-order valence-electron chi connectivity index (χ3n) is 2.94. The molecule has 0 aromatic heterocycles. The standard InChI is InChI=1S/C16H17NO3S/c1-13-8-10-15(11-9-13)21(19,20)17-16-7-3-2-5-14(16)6-4-12-18/h2-11,17-18H,12H2,1H3. The van der Waals surface area contributed by atoms with Gasteiger partial charge in [-0.05, 0) is 30.7 Å². The van der Waals surface area contributed by atoms with Gasteiger partial charge in [0.05, 0.1) is 17.2 Å². The molecular weight excluding hydrogens is 286 g/mol. The number of aliphatic hydroxyl groups excluding tert-OH is 1. The second kappa shape index (κ2) is 6.56. The van der Waals surface area contributed by atoms with Crippen LogP contribution >= 0.6 is 0 Å². The molecule has 4 nitrogen and oxygen atoms in total. The molecule has 0 aliphatic heterocycles. The van der Waals surface area contributed by atoms with Crippen molar-refractivity contribution in [2.75, 3.05) is 11.3 Å². The highest BCUT2D eigenvalue weighted by molar-refractivity contribution is 7.92. The van der Waals surface area contributed by atoms with Crippen molar-refractivity contribution in [3.8, 4) is 0 Å². The van der Waals surface area contributed by atoms with Crippen LogP contribution in [0.25, 0.3) is 6.08 Å². The van der Waals surface area contributed by atoms with E-state index in [1.54, 1.807) is 60.7 Å². The summed E-state index contributed by atoms with van der Waals surface area (Å²) in [7, 11) is -3.62. The summed E-state index contributed by atoms with van der Waals surface area (Å²) < 4.78 is 27.3. The van der Waals surface area contributed by atoms with E-state index in [0.717, 1.165) is 5.56 Å². The van der Waals surface area contributed by atoms with Gasteiger partial charge in [-0.25, -0.2) is 8.42 Å². The summed E-state index contributed by atoms with van der Waals surface area (Å²) >= 11 is 0. The van der Waals surface area contributed by atoms with Crippen LogP contribution in [0.1, 0.15) is 11.1 Å². The Balaban J connectivity index is 2.33. The third kappa shape index (κ3) is 3.93. The van der Waals surface area contributed by atoms with Crippen LogP contribution in [0.15, 0.2) is 59.5 Å². The number of hydrogen-bond acceptors (Lipinski definition) is 3. The molecule has 110 valence electrons. The molecule has 0 saturated carbocycles. The van der Waals surface area contributed by atoms with Crippen LogP contribution in [-0.4, -0.2) is 20.1 Å². The van der Waals surface area contributed by atoms with Crippen molar-refractivity contribution in [1.29, 1.82) is 0 Å². The Morgan fingerprint density at radius 2 is 1.76 bits per heavy atom. The average molecular weight is 303 g/mol. The maximum absolute atomic E-state index is 12.4. The molecule has 0 atom stereocenters. The SMILES string of the molecule is Cc1ccc(S(=O)(=O)Nc2ccccc2C=CCO)cc1. The Morgan fingerprint density at radius 1 is 1.10 bits per heavy atom. The fourth-order valence-electron chi connectivity index (χ4n) is 1.84. The predicted molar refractivity (Wildman–Crippen MR) is 84.5 cm³/mol. The van der Waals surface area contributed by atoms with Gasteiger partial charge in [0.15, 0.2) is 0 Å². The van der Waals surface area contributed by atoms with Gasteiger partial charge in [0.25, 0.3) is 10.0 Å². The van der Waals surface area contributed by atoms with E-state index >= 15 is 0 Å². The first-order valence-corrected chi connectivity index (χ1v) is 7.97. The van der Waals surface area contributed by atoms with Gasteiger partial charge in [0.1, 0.15) is 0 Å². The lowest BCUT2D eigenvalue weighted by Gasteiger charge is -2.11. The number of para-hydroxylation sites is 1. The minimum Gasteiger partial charge on any atom is -0.392 e. The first-order valence-electron chi connectivity index (χ1n) is 6.49. The molecule has 0 radical (unpaired) electrons. The van der Waals surface area contributed by atoms with Crippen LogP contribution in [-0.2, 0) is 10.0 Å². The first kappa shape index (κ1) is 15.3. The van der Waals surface area contributed by atoms with E-state index in [4.69, 9.17) is 5.11 Å². The lowest BCUT2D eigenvalue weighted by atomic mass is 10.2. The molecule has 0 unspecified atom stereocenters. The molecule has 0 spiro atoms. The van der Waals surface area contributed by atoms with Gasteiger partial charge < -0.3 is 5.11 Å². The molecule has 2 N–H and O–H groups in total. The fraction of sp³-hybridized carbons (Fsp3) is 0.125. The van der Waals surface area contributed by atoms with Crippen LogP contribution in [0.2, 0.25) is 0 Å². The lowest BCUT2D eigenvalue weighted by molar-refractivity contribution is 0.343. The van der Waals surface area contributed by atoms with Crippen LogP contribution < -0.4 is 4.72 Å². The van der Waals surface area contributed by atoms with Gasteiger partial charge in [0, 0.05) is 0 Å². The molecule has 2 aromatic carbocycles. The molecule has 0 bridgehead atoms. The van der Waals surface area contributed by atoms with Crippen LogP contribution in [0.4, 0.5) is 5.69 Å². The van der Waals surface area contributed by atoms with Crippen molar-refractivity contribution in [3.05, 3.63) is 65.7 Å². The number of sulfonamides is 1. The Morgan fingerprint density at radius 3 is 2.43 bits per heavy atom. The summed E-state index contributed by atoms with van der Waals surface area (Å²) in [4.78, 5) is 0.217. The summed E-state index contributed by atoms with van der Waals surface area (Å²) in [6.45, 7) is 1.80. The highest BCUT2D eigenvalue weighted by atomic mass is 32.2. The van der Waals surface area contributed by atoms with E-state index in [1.807, 2.05) is 6.92 Å². The fourth-order valence-corrected chi connectivity index (χ4v) is 2.92. The highest BCUT2D eigenvalue weighted by Gasteiger charge is 2.14. The van der Waals surface area contributed by atoms with Crippen molar-refractivity contribution < 1.29 is 13.5 Å². The number of nitrogens with one attached hydrogen (secondary N) is 1. The maximum atomic E-state index is 12.4. The van der Waals surface area contributed by atoms with Gasteiger partial charge in [-0.3, -0.25) is 4.72 Å². The molecule has 0 amide bonds. The summed E-state index contributed by atoms with van der Waals surface area (Å²) in [6, 6.07) is 13.7. The smallest absolute Gasteiger partial charge is 0.261 e. The van der Waals surface area contributed by atoms with E-state index in [0.29, 0.717) is 11.3 Å². The van der Waals surface area contributed by atoms with E-state index in [1.165, 1.54) is 0 Å². The van der Waals surface area contributed by atoms with Crippen LogP contribution in [0, 0.1) is 6.92 Å². The number of anilines is 1. The van der Waals surface area contributed by atoms with Crippen LogP contribution in [0.5, 0.6) is 0 Å². The minimum absolute atomic E-state index is 0.0982. The van der Waals surface area contributed by atoms with Gasteiger partial charge in [-0.1, -0.05) is 48.0 Å². The van der Waals surface area contributed by atoms with E-state index < -0.39 is 10.0 Å². The number of aliphatic hydroxyl groups is 1. The Kier molecular flexibility index (Phi) is 4.77. The zero-order valence-corrected chi connectivity index (χ0v) is 12.5. The second-order valence-corrected chi connectivity index (χ2v) is 6.27. The average Bonchev–Trinajstić information content (AvgIpc) is 2.46. The van der Waals surface area contributed by atoms with Gasteiger partial charge >= 0.3 is 0 Å². The third-order valence-corrected chi connectivity index (χ3v) is 4.32. The zero-order valence-electron chi connectivity index (χ0n) is 11.7. The molecule has 21 heavy (non-hydrogen) atoms. The van der Waals surface area contributed by atoms with E-state index in [2.05, 4.69) is 4.72 Å².